The van der Waals surface area contributed by atoms with Crippen LogP contribution in [-0.4, -0.2) is 83.2 Å². The summed E-state index contributed by atoms with van der Waals surface area (Å²) in [5.74, 6) is -0.562. The van der Waals surface area contributed by atoms with Crippen molar-refractivity contribution in [2.24, 2.45) is 5.92 Å². The van der Waals surface area contributed by atoms with Crippen LogP contribution in [0, 0.1) is 5.92 Å². The average Bonchev–Trinajstić information content (AvgIpc) is 3.21. The van der Waals surface area contributed by atoms with Gasteiger partial charge in [-0.25, -0.2) is 0 Å². The van der Waals surface area contributed by atoms with E-state index in [-0.39, 0.29) is 36.3 Å². The van der Waals surface area contributed by atoms with Gasteiger partial charge in [0.05, 0.1) is 5.92 Å². The van der Waals surface area contributed by atoms with Gasteiger partial charge < -0.3 is 19.9 Å². The summed E-state index contributed by atoms with van der Waals surface area (Å²) in [6.45, 7) is 4.18. The van der Waals surface area contributed by atoms with Crippen molar-refractivity contribution in [3.8, 4) is 0 Å². The molecule has 0 unspecified atom stereocenters. The molecule has 2 aliphatic rings. The largest absolute Gasteiger partial charge is 0.375 e. The van der Waals surface area contributed by atoms with Crippen molar-refractivity contribution in [1.82, 2.24) is 24.9 Å². The van der Waals surface area contributed by atoms with Gasteiger partial charge in [0.1, 0.15) is 12.3 Å². The predicted molar refractivity (Wildman–Crippen MR) is 106 cm³/mol. The number of ether oxygens (including phenoxy) is 1. The predicted octanol–water partition coefficient (Wildman–Crippen LogP) is 0.509. The second kappa shape index (κ2) is 9.87. The van der Waals surface area contributed by atoms with Gasteiger partial charge in [-0.1, -0.05) is 12.8 Å². The fourth-order valence-corrected chi connectivity index (χ4v) is 4.27. The fourth-order valence-electron chi connectivity index (χ4n) is 4.27. The molecule has 0 bridgehead atoms. The Hall–Kier alpha value is -2.42. The van der Waals surface area contributed by atoms with Crippen molar-refractivity contribution < 1.29 is 19.1 Å². The third kappa shape index (κ3) is 4.95. The second-order valence-electron chi connectivity index (χ2n) is 7.62. The van der Waals surface area contributed by atoms with Crippen LogP contribution in [0.5, 0.6) is 0 Å². The van der Waals surface area contributed by atoms with Crippen molar-refractivity contribution >= 4 is 17.7 Å². The van der Waals surface area contributed by atoms with Crippen LogP contribution in [0.2, 0.25) is 0 Å². The Balaban J connectivity index is 1.81. The zero-order valence-electron chi connectivity index (χ0n) is 17.3. The molecule has 9 nitrogen and oxygen atoms in total. The smallest absolute Gasteiger partial charge is 0.274 e. The van der Waals surface area contributed by atoms with Gasteiger partial charge in [0.2, 0.25) is 11.8 Å². The molecule has 1 aromatic heterocycles. The molecule has 1 saturated heterocycles. The van der Waals surface area contributed by atoms with Crippen LogP contribution < -0.4 is 5.32 Å². The molecular formula is C20H31N5O4. The van der Waals surface area contributed by atoms with Crippen molar-refractivity contribution in [1.29, 1.82) is 0 Å². The summed E-state index contributed by atoms with van der Waals surface area (Å²) in [4.78, 5) is 41.9. The summed E-state index contributed by atoms with van der Waals surface area (Å²) in [6.07, 6.45) is 5.33. The molecule has 160 valence electrons. The standard InChI is InChI=1S/C20H31N5O4/c1-3-24-10-8-16(22-24)20(28)23-11-9-21-19(27)15-6-4-5-7-17(15)25(13-12-23)18(26)14-29-2/h8,10,15,17H,3-7,9,11-14H2,1-2H3,(H,21,27)/t15-,17+/m0/s1. The summed E-state index contributed by atoms with van der Waals surface area (Å²) in [5.41, 5.74) is 0.376. The summed E-state index contributed by atoms with van der Waals surface area (Å²) >= 11 is 0. The van der Waals surface area contributed by atoms with Crippen LogP contribution in [0.1, 0.15) is 43.1 Å². The van der Waals surface area contributed by atoms with Crippen LogP contribution in [-0.2, 0) is 20.9 Å². The quantitative estimate of drug-likeness (QED) is 0.787. The van der Waals surface area contributed by atoms with E-state index >= 15 is 0 Å². The molecule has 1 aromatic rings. The van der Waals surface area contributed by atoms with E-state index in [1.165, 1.54) is 7.11 Å². The Morgan fingerprint density at radius 2 is 2.03 bits per heavy atom. The molecule has 1 aliphatic carbocycles. The highest BCUT2D eigenvalue weighted by Gasteiger charge is 2.37. The Morgan fingerprint density at radius 1 is 1.24 bits per heavy atom. The van der Waals surface area contributed by atoms with Gasteiger partial charge in [0.25, 0.3) is 5.91 Å². The van der Waals surface area contributed by atoms with E-state index < -0.39 is 0 Å². The number of aryl methyl sites for hydroxylation is 1. The summed E-state index contributed by atoms with van der Waals surface area (Å²) < 4.78 is 6.77. The Morgan fingerprint density at radius 3 is 2.76 bits per heavy atom. The lowest BCUT2D eigenvalue weighted by atomic mass is 9.82. The first kappa shape index (κ1) is 21.3. The lowest BCUT2D eigenvalue weighted by molar-refractivity contribution is -0.142. The molecule has 0 spiro atoms. The zero-order chi connectivity index (χ0) is 20.8. The van der Waals surface area contributed by atoms with Crippen LogP contribution >= 0.6 is 0 Å². The van der Waals surface area contributed by atoms with Gasteiger partial charge in [0, 0.05) is 52.1 Å². The molecule has 2 fully saturated rings. The molecular weight excluding hydrogens is 374 g/mol. The van der Waals surface area contributed by atoms with E-state index in [2.05, 4.69) is 10.4 Å². The number of rotatable bonds is 4. The van der Waals surface area contributed by atoms with Gasteiger partial charge in [0.15, 0.2) is 0 Å². The maximum Gasteiger partial charge on any atom is 0.274 e. The molecule has 9 heteroatoms. The average molecular weight is 405 g/mol. The lowest BCUT2D eigenvalue weighted by Crippen LogP contribution is -2.56. The maximum atomic E-state index is 13.0. The first-order valence-electron chi connectivity index (χ1n) is 10.4. The highest BCUT2D eigenvalue weighted by Crippen LogP contribution is 2.29. The molecule has 1 N–H and O–H groups in total. The Labute approximate surface area is 171 Å². The minimum Gasteiger partial charge on any atom is -0.375 e. The van der Waals surface area contributed by atoms with Crippen molar-refractivity contribution in [2.75, 3.05) is 39.9 Å². The first-order valence-corrected chi connectivity index (χ1v) is 10.4. The SMILES string of the molecule is CCn1ccc(C(=O)N2CCNC(=O)[C@H]3CCCC[C@H]3N(C(=O)COC)CC2)n1. The summed E-state index contributed by atoms with van der Waals surface area (Å²) in [6, 6.07) is 1.55. The van der Waals surface area contributed by atoms with Crippen LogP contribution in [0.15, 0.2) is 12.3 Å². The number of amides is 3. The topological polar surface area (TPSA) is 96.8 Å². The number of fused-ring (bicyclic) bond motifs is 1. The van der Waals surface area contributed by atoms with E-state index in [4.69, 9.17) is 4.74 Å². The van der Waals surface area contributed by atoms with Gasteiger partial charge in [-0.2, -0.15) is 5.10 Å². The highest BCUT2D eigenvalue weighted by molar-refractivity contribution is 5.92. The second-order valence-corrected chi connectivity index (χ2v) is 7.62. The van der Waals surface area contributed by atoms with E-state index in [0.29, 0.717) is 38.4 Å². The number of hydrogen-bond acceptors (Lipinski definition) is 5. The normalized spacial score (nSPS) is 23.3. The van der Waals surface area contributed by atoms with E-state index in [1.54, 1.807) is 26.7 Å². The minimum absolute atomic E-state index is 0.0281. The number of nitrogens with one attached hydrogen (secondary N) is 1. The third-order valence-corrected chi connectivity index (χ3v) is 5.82. The number of carbonyl (C=O) groups is 3. The summed E-state index contributed by atoms with van der Waals surface area (Å²) in [7, 11) is 1.49. The molecule has 2 heterocycles. The number of aromatic nitrogens is 2. The van der Waals surface area contributed by atoms with Gasteiger partial charge in [-0.05, 0) is 25.8 Å². The van der Waals surface area contributed by atoms with Crippen LogP contribution in [0.3, 0.4) is 0 Å². The number of carbonyl (C=O) groups excluding carboxylic acids is 3. The maximum absolute atomic E-state index is 13.0. The van der Waals surface area contributed by atoms with E-state index in [9.17, 15) is 14.4 Å². The summed E-state index contributed by atoms with van der Waals surface area (Å²) in [5, 5.41) is 7.27. The van der Waals surface area contributed by atoms with Gasteiger partial charge in [-0.15, -0.1) is 0 Å². The molecule has 1 aliphatic heterocycles. The minimum atomic E-state index is -0.202. The monoisotopic (exact) mass is 405 g/mol. The fraction of sp³-hybridized carbons (Fsp3) is 0.700. The van der Waals surface area contributed by atoms with Gasteiger partial charge in [-0.3, -0.25) is 19.1 Å². The Bertz CT molecular complexity index is 734. The molecule has 29 heavy (non-hydrogen) atoms. The van der Waals surface area contributed by atoms with Crippen LogP contribution in [0.25, 0.3) is 0 Å². The van der Waals surface area contributed by atoms with Gasteiger partial charge >= 0.3 is 0 Å². The van der Waals surface area contributed by atoms with Crippen molar-refractivity contribution in [3.63, 3.8) is 0 Å². The molecule has 3 rings (SSSR count). The molecule has 3 amide bonds. The number of hydrogen-bond donors (Lipinski definition) is 1. The molecule has 0 radical (unpaired) electrons. The highest BCUT2D eigenvalue weighted by atomic mass is 16.5. The molecule has 0 aromatic carbocycles. The first-order chi connectivity index (χ1) is 14.0. The van der Waals surface area contributed by atoms with E-state index in [0.717, 1.165) is 25.7 Å². The number of methoxy groups -OCH3 is 1. The Kier molecular flexibility index (Phi) is 7.24. The lowest BCUT2D eigenvalue weighted by Gasteiger charge is -2.41. The van der Waals surface area contributed by atoms with Crippen LogP contribution in [0.4, 0.5) is 0 Å². The van der Waals surface area contributed by atoms with E-state index in [1.807, 2.05) is 6.92 Å². The third-order valence-electron chi connectivity index (χ3n) is 5.82. The number of nitrogens with zero attached hydrogens (tertiary/aromatic N) is 4. The molecule has 1 saturated carbocycles. The molecule has 2 atom stereocenters. The van der Waals surface area contributed by atoms with Crippen molar-refractivity contribution in [2.45, 2.75) is 45.2 Å². The van der Waals surface area contributed by atoms with Crippen molar-refractivity contribution in [3.05, 3.63) is 18.0 Å². The zero-order valence-corrected chi connectivity index (χ0v) is 17.3.